The van der Waals surface area contributed by atoms with Gasteiger partial charge in [0.1, 0.15) is 0 Å². The lowest BCUT2D eigenvalue weighted by Gasteiger charge is -2.10. The van der Waals surface area contributed by atoms with Crippen molar-refractivity contribution in [3.63, 3.8) is 0 Å². The molecule has 0 radical (unpaired) electrons. The third kappa shape index (κ3) is 1.65. The Morgan fingerprint density at radius 3 is 2.47 bits per heavy atom. The highest BCUT2D eigenvalue weighted by Crippen LogP contribution is 2.25. The third-order valence-electron chi connectivity index (χ3n) is 2.78. The molecule has 0 aliphatic rings. The van der Waals surface area contributed by atoms with Crippen molar-refractivity contribution in [2.45, 2.75) is 39.7 Å². The van der Waals surface area contributed by atoms with Gasteiger partial charge < -0.3 is 4.57 Å². The van der Waals surface area contributed by atoms with E-state index in [0.717, 1.165) is 0 Å². The van der Waals surface area contributed by atoms with E-state index in [0.29, 0.717) is 12.0 Å². The van der Waals surface area contributed by atoms with Crippen molar-refractivity contribution in [2.24, 2.45) is 0 Å². The highest BCUT2D eigenvalue weighted by molar-refractivity contribution is 5.82. The molecule has 0 spiro atoms. The molecule has 0 amide bonds. The second-order valence-corrected chi connectivity index (χ2v) is 4.60. The predicted octanol–water partition coefficient (Wildman–Crippen LogP) is 3.74. The van der Waals surface area contributed by atoms with Gasteiger partial charge in [-0.25, -0.2) is 0 Å². The van der Waals surface area contributed by atoms with E-state index in [4.69, 9.17) is 0 Å². The van der Waals surface area contributed by atoms with E-state index in [-0.39, 0.29) is 0 Å². The average molecular weight is 202 g/mol. The summed E-state index contributed by atoms with van der Waals surface area (Å²) >= 11 is 0. The standard InChI is InChI=1S/C13H18N2/c1-9(2)13-11-6-8-15(10(3)4)12(11)5-7-14-13/h5-10H,1-4H3. The van der Waals surface area contributed by atoms with Gasteiger partial charge in [-0.15, -0.1) is 0 Å². The molecule has 2 nitrogen and oxygen atoms in total. The number of aromatic nitrogens is 2. The van der Waals surface area contributed by atoms with Gasteiger partial charge in [-0.3, -0.25) is 4.98 Å². The zero-order valence-corrected chi connectivity index (χ0v) is 9.86. The Morgan fingerprint density at radius 2 is 1.87 bits per heavy atom. The molecule has 0 saturated heterocycles. The summed E-state index contributed by atoms with van der Waals surface area (Å²) in [7, 11) is 0. The van der Waals surface area contributed by atoms with Crippen LogP contribution in [0.2, 0.25) is 0 Å². The summed E-state index contributed by atoms with van der Waals surface area (Å²) in [6.45, 7) is 8.78. The van der Waals surface area contributed by atoms with E-state index in [9.17, 15) is 0 Å². The molecule has 15 heavy (non-hydrogen) atoms. The fourth-order valence-corrected chi connectivity index (χ4v) is 2.02. The molecule has 0 saturated carbocycles. The van der Waals surface area contributed by atoms with Crippen molar-refractivity contribution >= 4 is 10.9 Å². The first kappa shape index (κ1) is 10.2. The van der Waals surface area contributed by atoms with Gasteiger partial charge in [0.25, 0.3) is 0 Å². The summed E-state index contributed by atoms with van der Waals surface area (Å²) in [4.78, 5) is 4.47. The van der Waals surface area contributed by atoms with Crippen molar-refractivity contribution in [2.75, 3.05) is 0 Å². The van der Waals surface area contributed by atoms with Crippen molar-refractivity contribution in [1.29, 1.82) is 0 Å². The first-order chi connectivity index (χ1) is 7.11. The SMILES string of the molecule is CC(C)c1nccc2c1ccn2C(C)C. The van der Waals surface area contributed by atoms with E-state index < -0.39 is 0 Å². The molecule has 2 rings (SSSR count). The summed E-state index contributed by atoms with van der Waals surface area (Å²) in [5.41, 5.74) is 2.50. The monoisotopic (exact) mass is 202 g/mol. The van der Waals surface area contributed by atoms with Crippen molar-refractivity contribution < 1.29 is 0 Å². The molecular formula is C13H18N2. The third-order valence-corrected chi connectivity index (χ3v) is 2.78. The van der Waals surface area contributed by atoms with E-state index >= 15 is 0 Å². The molecule has 2 heterocycles. The topological polar surface area (TPSA) is 17.8 Å². The van der Waals surface area contributed by atoms with Crippen LogP contribution in [0.25, 0.3) is 10.9 Å². The quantitative estimate of drug-likeness (QED) is 0.725. The van der Waals surface area contributed by atoms with Gasteiger partial charge in [-0.1, -0.05) is 13.8 Å². The first-order valence-electron chi connectivity index (χ1n) is 5.56. The smallest absolute Gasteiger partial charge is 0.0522 e. The van der Waals surface area contributed by atoms with Crippen LogP contribution in [0.1, 0.15) is 45.3 Å². The van der Waals surface area contributed by atoms with Crippen LogP contribution in [0.4, 0.5) is 0 Å². The second-order valence-electron chi connectivity index (χ2n) is 4.60. The van der Waals surface area contributed by atoms with Crippen LogP contribution in [-0.2, 0) is 0 Å². The summed E-state index contributed by atoms with van der Waals surface area (Å²) in [5, 5.41) is 1.29. The molecule has 0 fully saturated rings. The van der Waals surface area contributed by atoms with E-state index in [1.165, 1.54) is 16.6 Å². The van der Waals surface area contributed by atoms with Crippen LogP contribution in [0.3, 0.4) is 0 Å². The molecule has 80 valence electrons. The molecule has 0 aromatic carbocycles. The highest BCUT2D eigenvalue weighted by Gasteiger charge is 2.10. The van der Waals surface area contributed by atoms with Gasteiger partial charge >= 0.3 is 0 Å². The summed E-state index contributed by atoms with van der Waals surface area (Å²) in [6.07, 6.45) is 4.07. The van der Waals surface area contributed by atoms with Gasteiger partial charge in [-0.2, -0.15) is 0 Å². The zero-order chi connectivity index (χ0) is 11.0. The minimum absolute atomic E-state index is 0.483. The Morgan fingerprint density at radius 1 is 1.13 bits per heavy atom. The molecule has 0 atom stereocenters. The van der Waals surface area contributed by atoms with Crippen LogP contribution >= 0.6 is 0 Å². The molecule has 2 aromatic heterocycles. The fraction of sp³-hybridized carbons (Fsp3) is 0.462. The van der Waals surface area contributed by atoms with Crippen LogP contribution in [0.5, 0.6) is 0 Å². The lowest BCUT2D eigenvalue weighted by Crippen LogP contribution is -1.99. The van der Waals surface area contributed by atoms with Crippen LogP contribution in [-0.4, -0.2) is 9.55 Å². The van der Waals surface area contributed by atoms with Crippen LogP contribution in [0.15, 0.2) is 24.5 Å². The lowest BCUT2D eigenvalue weighted by molar-refractivity contribution is 0.622. The normalized spacial score (nSPS) is 11.9. The number of rotatable bonds is 2. The number of fused-ring (bicyclic) bond motifs is 1. The lowest BCUT2D eigenvalue weighted by atomic mass is 10.1. The van der Waals surface area contributed by atoms with Crippen molar-refractivity contribution in [1.82, 2.24) is 9.55 Å². The summed E-state index contributed by atoms with van der Waals surface area (Å²) in [5.74, 6) is 0.483. The average Bonchev–Trinajstić information content (AvgIpc) is 2.59. The maximum atomic E-state index is 4.47. The minimum Gasteiger partial charge on any atom is -0.345 e. The first-order valence-corrected chi connectivity index (χ1v) is 5.56. The number of hydrogen-bond acceptors (Lipinski definition) is 1. The Balaban J connectivity index is 2.69. The summed E-state index contributed by atoms with van der Waals surface area (Å²) < 4.78 is 2.29. The molecular weight excluding hydrogens is 184 g/mol. The Hall–Kier alpha value is -1.31. The number of pyridine rings is 1. The Kier molecular flexibility index (Phi) is 2.51. The molecule has 0 N–H and O–H groups in total. The molecule has 0 unspecified atom stereocenters. The largest absolute Gasteiger partial charge is 0.345 e. The minimum atomic E-state index is 0.483. The van der Waals surface area contributed by atoms with Crippen molar-refractivity contribution in [3.8, 4) is 0 Å². The molecule has 0 bridgehead atoms. The molecule has 0 aliphatic heterocycles. The van der Waals surface area contributed by atoms with Gasteiger partial charge in [0, 0.05) is 23.8 Å². The van der Waals surface area contributed by atoms with Gasteiger partial charge in [0.15, 0.2) is 0 Å². The molecule has 2 aromatic rings. The Bertz CT molecular complexity index is 466. The van der Waals surface area contributed by atoms with Gasteiger partial charge in [-0.05, 0) is 31.9 Å². The van der Waals surface area contributed by atoms with Gasteiger partial charge in [0.2, 0.25) is 0 Å². The van der Waals surface area contributed by atoms with Crippen molar-refractivity contribution in [3.05, 3.63) is 30.2 Å². The van der Waals surface area contributed by atoms with Crippen LogP contribution in [0, 0.1) is 0 Å². The summed E-state index contributed by atoms with van der Waals surface area (Å²) in [6, 6.07) is 4.78. The Labute approximate surface area is 90.9 Å². The molecule has 2 heteroatoms. The van der Waals surface area contributed by atoms with Crippen LogP contribution < -0.4 is 0 Å². The highest BCUT2D eigenvalue weighted by atomic mass is 15.0. The van der Waals surface area contributed by atoms with Gasteiger partial charge in [0.05, 0.1) is 11.2 Å². The predicted molar refractivity (Wildman–Crippen MR) is 64.2 cm³/mol. The molecule has 0 aliphatic carbocycles. The number of nitrogens with zero attached hydrogens (tertiary/aromatic N) is 2. The second kappa shape index (κ2) is 3.69. The maximum absolute atomic E-state index is 4.47. The fourth-order valence-electron chi connectivity index (χ4n) is 2.02. The van der Waals surface area contributed by atoms with E-state index in [1.54, 1.807) is 0 Å². The number of hydrogen-bond donors (Lipinski definition) is 0. The van der Waals surface area contributed by atoms with E-state index in [2.05, 4.69) is 55.6 Å². The zero-order valence-electron chi connectivity index (χ0n) is 9.86. The maximum Gasteiger partial charge on any atom is 0.0522 e. The van der Waals surface area contributed by atoms with E-state index in [1.807, 2.05) is 6.20 Å².